The molecule has 0 fully saturated rings. The van der Waals surface area contributed by atoms with Gasteiger partial charge in [0.1, 0.15) is 11.7 Å². The summed E-state index contributed by atoms with van der Waals surface area (Å²) in [4.78, 5) is 46.7. The number of fused-ring (bicyclic) bond motifs is 1. The Morgan fingerprint density at radius 1 is 1.39 bits per heavy atom. The molecule has 0 aromatic carbocycles. The predicted octanol–water partition coefficient (Wildman–Crippen LogP) is 2.03. The highest BCUT2D eigenvalue weighted by Crippen LogP contribution is 2.32. The quantitative estimate of drug-likeness (QED) is 0.407. The number of carboxylic acids is 1. The molecule has 0 aliphatic heterocycles. The highest BCUT2D eigenvalue weighted by Gasteiger charge is 2.23. The van der Waals surface area contributed by atoms with Gasteiger partial charge in [-0.15, -0.1) is 11.3 Å². The number of rotatable bonds is 7. The number of nitrogens with two attached hydrogens (primary N) is 1. The molecule has 3 aromatic heterocycles. The number of H-pyrrole nitrogens is 2. The van der Waals surface area contributed by atoms with Gasteiger partial charge in [0.25, 0.3) is 11.5 Å². The smallest absolute Gasteiger partial charge is 0.326 e. The van der Waals surface area contributed by atoms with E-state index in [-0.39, 0.29) is 17.4 Å². The topological polar surface area (TPSA) is 154 Å². The van der Waals surface area contributed by atoms with Gasteiger partial charge in [-0.05, 0) is 24.1 Å². The lowest BCUT2D eigenvalue weighted by molar-refractivity contribution is -0.139. The molecule has 3 rings (SSSR count). The van der Waals surface area contributed by atoms with Gasteiger partial charge in [0.05, 0.1) is 10.3 Å². The summed E-state index contributed by atoms with van der Waals surface area (Å²) in [6, 6.07) is 2.55. The van der Waals surface area contributed by atoms with E-state index in [2.05, 4.69) is 20.3 Å². The summed E-state index contributed by atoms with van der Waals surface area (Å²) in [5, 5.41) is 12.2. The number of hydrogen-bond acceptors (Lipinski definition) is 6. The van der Waals surface area contributed by atoms with Crippen LogP contribution in [0.1, 0.15) is 52.7 Å². The number of carbonyl (C=O) groups excluding carboxylic acids is 1. The maximum atomic E-state index is 12.4. The second-order valence-corrected chi connectivity index (χ2v) is 7.61. The first-order chi connectivity index (χ1) is 13.3. The SMILES string of the molecule is CCCC(NC(=O)c1ccc(C(C)c2c[nH]c3nc(N)[nH]c(=O)c23)s1)C(=O)O. The van der Waals surface area contributed by atoms with Crippen molar-refractivity contribution in [2.24, 2.45) is 0 Å². The first kappa shape index (κ1) is 19.6. The summed E-state index contributed by atoms with van der Waals surface area (Å²) in [6.07, 6.45) is 2.72. The number of carbonyl (C=O) groups is 2. The summed E-state index contributed by atoms with van der Waals surface area (Å²) >= 11 is 1.26. The number of aliphatic carboxylic acids is 1. The maximum Gasteiger partial charge on any atom is 0.326 e. The van der Waals surface area contributed by atoms with Crippen LogP contribution in [0.4, 0.5) is 5.95 Å². The number of nitrogens with one attached hydrogen (secondary N) is 3. The van der Waals surface area contributed by atoms with Crippen molar-refractivity contribution in [1.82, 2.24) is 20.3 Å². The van der Waals surface area contributed by atoms with Gasteiger partial charge < -0.3 is 21.1 Å². The monoisotopic (exact) mass is 403 g/mol. The number of nitrogens with zero attached hydrogens (tertiary/aromatic N) is 1. The number of thiophene rings is 1. The van der Waals surface area contributed by atoms with Crippen LogP contribution in [0.2, 0.25) is 0 Å². The van der Waals surface area contributed by atoms with Gasteiger partial charge in [-0.25, -0.2) is 4.79 Å². The third kappa shape index (κ3) is 3.77. The highest BCUT2D eigenvalue weighted by atomic mass is 32.1. The average molecular weight is 403 g/mol. The molecule has 1 amide bonds. The van der Waals surface area contributed by atoms with E-state index in [1.54, 1.807) is 18.3 Å². The fourth-order valence-corrected chi connectivity index (χ4v) is 4.04. The van der Waals surface area contributed by atoms with Crippen LogP contribution in [-0.2, 0) is 4.79 Å². The molecule has 3 heterocycles. The van der Waals surface area contributed by atoms with Gasteiger partial charge in [-0.1, -0.05) is 20.3 Å². The molecule has 148 valence electrons. The molecule has 0 spiro atoms. The van der Waals surface area contributed by atoms with Crippen molar-refractivity contribution < 1.29 is 14.7 Å². The minimum absolute atomic E-state index is 0.0358. The Morgan fingerprint density at radius 3 is 2.82 bits per heavy atom. The van der Waals surface area contributed by atoms with E-state index in [1.807, 2.05) is 13.8 Å². The van der Waals surface area contributed by atoms with Crippen LogP contribution in [0.5, 0.6) is 0 Å². The molecule has 0 saturated carbocycles. The van der Waals surface area contributed by atoms with Crippen molar-refractivity contribution in [2.45, 2.75) is 38.6 Å². The largest absolute Gasteiger partial charge is 0.480 e. The Bertz CT molecular complexity index is 1080. The van der Waals surface area contributed by atoms with Gasteiger partial charge in [-0.2, -0.15) is 4.98 Å². The predicted molar refractivity (Wildman–Crippen MR) is 107 cm³/mol. The lowest BCUT2D eigenvalue weighted by Gasteiger charge is -2.12. The van der Waals surface area contributed by atoms with Crippen molar-refractivity contribution >= 4 is 40.2 Å². The molecule has 3 aromatic rings. The summed E-state index contributed by atoms with van der Waals surface area (Å²) in [5.41, 5.74) is 6.39. The van der Waals surface area contributed by atoms with Gasteiger partial charge in [0, 0.05) is 17.0 Å². The third-order valence-corrected chi connectivity index (χ3v) is 5.78. The number of anilines is 1. The normalized spacial score (nSPS) is 13.4. The fourth-order valence-electron chi connectivity index (χ4n) is 3.06. The zero-order valence-electron chi connectivity index (χ0n) is 15.4. The molecule has 2 unspecified atom stereocenters. The average Bonchev–Trinajstić information content (AvgIpc) is 3.27. The second-order valence-electron chi connectivity index (χ2n) is 6.50. The minimum Gasteiger partial charge on any atom is -0.480 e. The standard InChI is InChI=1S/C18H21N5O4S/c1-3-4-10(17(26)27)21-15(24)12-6-5-11(28-12)8(2)9-7-20-14-13(9)16(25)23-18(19)22-14/h5-8,10H,3-4H2,1-2H3,(H,21,24)(H,26,27)(H4,19,20,22,23,25). The summed E-state index contributed by atoms with van der Waals surface area (Å²) in [6.45, 7) is 3.78. The molecule has 28 heavy (non-hydrogen) atoms. The van der Waals surface area contributed by atoms with Crippen LogP contribution >= 0.6 is 11.3 Å². The summed E-state index contributed by atoms with van der Waals surface area (Å²) in [5.74, 6) is -1.60. The zero-order chi connectivity index (χ0) is 20.4. The fraction of sp³-hybridized carbons (Fsp3) is 0.333. The van der Waals surface area contributed by atoms with E-state index in [0.717, 1.165) is 10.4 Å². The molecule has 0 bridgehead atoms. The number of aromatic amines is 2. The third-order valence-electron chi connectivity index (χ3n) is 4.52. The molecule has 10 heteroatoms. The number of aromatic nitrogens is 3. The Kier molecular flexibility index (Phi) is 5.50. The Labute approximate surface area is 164 Å². The van der Waals surface area contributed by atoms with Crippen molar-refractivity contribution in [1.29, 1.82) is 0 Å². The van der Waals surface area contributed by atoms with E-state index in [0.29, 0.717) is 28.8 Å². The Morgan fingerprint density at radius 2 is 2.14 bits per heavy atom. The highest BCUT2D eigenvalue weighted by molar-refractivity contribution is 7.14. The second kappa shape index (κ2) is 7.85. The first-order valence-electron chi connectivity index (χ1n) is 8.82. The van der Waals surface area contributed by atoms with Gasteiger partial charge >= 0.3 is 5.97 Å². The Hall–Kier alpha value is -3.14. The van der Waals surface area contributed by atoms with Crippen LogP contribution in [0, 0.1) is 0 Å². The summed E-state index contributed by atoms with van der Waals surface area (Å²) in [7, 11) is 0. The first-order valence-corrected chi connectivity index (χ1v) is 9.63. The maximum absolute atomic E-state index is 12.4. The van der Waals surface area contributed by atoms with Gasteiger partial charge in [-0.3, -0.25) is 14.6 Å². The number of nitrogen functional groups attached to an aromatic ring is 1. The number of carboxylic acid groups (broad SMARTS) is 1. The van der Waals surface area contributed by atoms with Crippen molar-refractivity contribution in [2.75, 3.05) is 5.73 Å². The lowest BCUT2D eigenvalue weighted by atomic mass is 10.0. The van der Waals surface area contributed by atoms with Crippen LogP contribution in [-0.4, -0.2) is 38.0 Å². The molecule has 0 aliphatic carbocycles. The lowest BCUT2D eigenvalue weighted by Crippen LogP contribution is -2.40. The van der Waals surface area contributed by atoms with E-state index >= 15 is 0 Å². The van der Waals surface area contributed by atoms with Crippen molar-refractivity contribution in [3.05, 3.63) is 44.0 Å². The molecule has 0 aliphatic rings. The molecule has 9 nitrogen and oxygen atoms in total. The molecular formula is C18H21N5O4S. The van der Waals surface area contributed by atoms with E-state index in [1.165, 1.54) is 11.3 Å². The van der Waals surface area contributed by atoms with Crippen LogP contribution in [0.15, 0.2) is 23.1 Å². The van der Waals surface area contributed by atoms with E-state index in [9.17, 15) is 19.5 Å². The van der Waals surface area contributed by atoms with Gasteiger partial charge in [0.2, 0.25) is 5.95 Å². The Balaban J connectivity index is 1.85. The van der Waals surface area contributed by atoms with E-state index in [4.69, 9.17) is 5.73 Å². The van der Waals surface area contributed by atoms with Gasteiger partial charge in [0.15, 0.2) is 0 Å². The van der Waals surface area contributed by atoms with E-state index < -0.39 is 17.9 Å². The number of amides is 1. The van der Waals surface area contributed by atoms with Crippen molar-refractivity contribution in [3.8, 4) is 0 Å². The molecular weight excluding hydrogens is 382 g/mol. The minimum atomic E-state index is -1.05. The zero-order valence-corrected chi connectivity index (χ0v) is 16.2. The van der Waals surface area contributed by atoms with Crippen LogP contribution in [0.25, 0.3) is 11.0 Å². The summed E-state index contributed by atoms with van der Waals surface area (Å²) < 4.78 is 0. The molecule has 0 saturated heterocycles. The molecule has 2 atom stereocenters. The van der Waals surface area contributed by atoms with Crippen LogP contribution in [0.3, 0.4) is 0 Å². The molecule has 0 radical (unpaired) electrons. The van der Waals surface area contributed by atoms with Crippen LogP contribution < -0.4 is 16.6 Å². The number of hydrogen-bond donors (Lipinski definition) is 5. The molecule has 6 N–H and O–H groups in total. The van der Waals surface area contributed by atoms with Crippen molar-refractivity contribution in [3.63, 3.8) is 0 Å².